The predicted octanol–water partition coefficient (Wildman–Crippen LogP) is 1.27. The molecule has 1 rings (SSSR count). The third kappa shape index (κ3) is 3.24. The minimum atomic E-state index is -0.331. The van der Waals surface area contributed by atoms with E-state index in [1.807, 2.05) is 25.1 Å². The summed E-state index contributed by atoms with van der Waals surface area (Å²) in [5, 5.41) is 0. The standard InChI is InChI=1S/C12H18N2O2/c1-8-3-5-11(16-2)9(7-8)10(13)4-6-12(14)15/h3,5,7,10H,4,6,13H2,1-2H3,(H2,14,15). The summed E-state index contributed by atoms with van der Waals surface area (Å²) in [6.45, 7) is 1.99. The molecule has 1 aromatic rings. The fourth-order valence-electron chi connectivity index (χ4n) is 1.60. The molecule has 0 aliphatic carbocycles. The third-order valence-electron chi connectivity index (χ3n) is 2.49. The van der Waals surface area contributed by atoms with Gasteiger partial charge < -0.3 is 16.2 Å². The van der Waals surface area contributed by atoms with Gasteiger partial charge in [-0.2, -0.15) is 0 Å². The molecule has 0 radical (unpaired) electrons. The van der Waals surface area contributed by atoms with Crippen molar-refractivity contribution in [2.45, 2.75) is 25.8 Å². The van der Waals surface area contributed by atoms with E-state index in [1.165, 1.54) is 0 Å². The van der Waals surface area contributed by atoms with Crippen LogP contribution < -0.4 is 16.2 Å². The Bertz CT molecular complexity index is 377. The number of amides is 1. The van der Waals surface area contributed by atoms with Gasteiger partial charge >= 0.3 is 0 Å². The monoisotopic (exact) mass is 222 g/mol. The Balaban J connectivity index is 2.84. The summed E-state index contributed by atoms with van der Waals surface area (Å²) >= 11 is 0. The quantitative estimate of drug-likeness (QED) is 0.787. The fraction of sp³-hybridized carbons (Fsp3) is 0.417. The zero-order chi connectivity index (χ0) is 12.1. The lowest BCUT2D eigenvalue weighted by atomic mass is 10.00. The van der Waals surface area contributed by atoms with Gasteiger partial charge in [-0.1, -0.05) is 17.7 Å². The Morgan fingerprint density at radius 2 is 2.19 bits per heavy atom. The molecule has 0 spiro atoms. The van der Waals surface area contributed by atoms with Crippen molar-refractivity contribution in [2.75, 3.05) is 7.11 Å². The van der Waals surface area contributed by atoms with Gasteiger partial charge in [0, 0.05) is 18.0 Å². The molecular formula is C12H18N2O2. The van der Waals surface area contributed by atoms with Crippen molar-refractivity contribution in [3.63, 3.8) is 0 Å². The summed E-state index contributed by atoms with van der Waals surface area (Å²) in [5.74, 6) is 0.421. The molecule has 0 aromatic heterocycles. The summed E-state index contributed by atoms with van der Waals surface area (Å²) in [7, 11) is 1.61. The number of benzene rings is 1. The van der Waals surface area contributed by atoms with Crippen LogP contribution in [0.25, 0.3) is 0 Å². The summed E-state index contributed by atoms with van der Waals surface area (Å²) in [5.41, 5.74) is 13.1. The van der Waals surface area contributed by atoms with E-state index in [2.05, 4.69) is 0 Å². The number of nitrogens with two attached hydrogens (primary N) is 2. The number of rotatable bonds is 5. The molecule has 1 atom stereocenters. The molecule has 0 heterocycles. The van der Waals surface area contributed by atoms with Gasteiger partial charge in [0.25, 0.3) is 0 Å². The van der Waals surface area contributed by atoms with E-state index in [9.17, 15) is 4.79 Å². The van der Waals surface area contributed by atoms with Gasteiger partial charge in [0.1, 0.15) is 5.75 Å². The molecule has 4 N–H and O–H groups in total. The lowest BCUT2D eigenvalue weighted by Crippen LogP contribution is -2.17. The van der Waals surface area contributed by atoms with Crippen LogP contribution in [-0.4, -0.2) is 13.0 Å². The van der Waals surface area contributed by atoms with Crippen LogP contribution in [0.4, 0.5) is 0 Å². The van der Waals surface area contributed by atoms with Crippen molar-refractivity contribution in [3.8, 4) is 5.75 Å². The molecule has 0 aliphatic heterocycles. The first-order chi connectivity index (χ1) is 7.54. The molecule has 0 saturated heterocycles. The van der Waals surface area contributed by atoms with Gasteiger partial charge in [-0.15, -0.1) is 0 Å². The molecule has 0 aliphatic rings. The number of hydrogen-bond donors (Lipinski definition) is 2. The zero-order valence-corrected chi connectivity index (χ0v) is 9.69. The predicted molar refractivity (Wildman–Crippen MR) is 63.1 cm³/mol. The zero-order valence-electron chi connectivity index (χ0n) is 9.69. The Hall–Kier alpha value is -1.55. The number of primary amides is 1. The first-order valence-electron chi connectivity index (χ1n) is 5.23. The molecule has 1 amide bonds. The molecule has 4 nitrogen and oxygen atoms in total. The van der Waals surface area contributed by atoms with Gasteiger partial charge in [-0.05, 0) is 19.4 Å². The minimum absolute atomic E-state index is 0.220. The summed E-state index contributed by atoms with van der Waals surface area (Å²) in [6, 6.07) is 5.60. The second-order valence-electron chi connectivity index (χ2n) is 3.86. The lowest BCUT2D eigenvalue weighted by molar-refractivity contribution is -0.118. The summed E-state index contributed by atoms with van der Waals surface area (Å²) in [4.78, 5) is 10.7. The minimum Gasteiger partial charge on any atom is -0.496 e. The SMILES string of the molecule is COc1ccc(C)cc1C(N)CCC(N)=O. The van der Waals surface area contributed by atoms with Crippen LogP contribution in [0.2, 0.25) is 0 Å². The molecule has 0 saturated carbocycles. The Morgan fingerprint density at radius 1 is 1.50 bits per heavy atom. The maximum Gasteiger partial charge on any atom is 0.217 e. The van der Waals surface area contributed by atoms with Gasteiger partial charge in [0.05, 0.1) is 7.11 Å². The van der Waals surface area contributed by atoms with Crippen molar-refractivity contribution < 1.29 is 9.53 Å². The smallest absolute Gasteiger partial charge is 0.217 e. The second-order valence-corrected chi connectivity index (χ2v) is 3.86. The highest BCUT2D eigenvalue weighted by molar-refractivity contribution is 5.73. The van der Waals surface area contributed by atoms with E-state index in [1.54, 1.807) is 7.11 Å². The Kier molecular flexibility index (Phi) is 4.31. The van der Waals surface area contributed by atoms with Gasteiger partial charge in [-0.25, -0.2) is 0 Å². The van der Waals surface area contributed by atoms with E-state index < -0.39 is 0 Å². The first kappa shape index (κ1) is 12.5. The van der Waals surface area contributed by atoms with E-state index in [0.717, 1.165) is 16.9 Å². The molecule has 0 bridgehead atoms. The average molecular weight is 222 g/mol. The number of carbonyl (C=O) groups excluding carboxylic acids is 1. The Labute approximate surface area is 95.6 Å². The summed E-state index contributed by atoms with van der Waals surface area (Å²) < 4.78 is 5.23. The molecule has 1 aromatic carbocycles. The molecule has 4 heteroatoms. The number of ether oxygens (including phenoxy) is 1. The van der Waals surface area contributed by atoms with E-state index in [-0.39, 0.29) is 18.4 Å². The highest BCUT2D eigenvalue weighted by atomic mass is 16.5. The van der Waals surface area contributed by atoms with Crippen LogP contribution in [0.1, 0.15) is 30.0 Å². The van der Waals surface area contributed by atoms with E-state index >= 15 is 0 Å². The molecular weight excluding hydrogens is 204 g/mol. The van der Waals surface area contributed by atoms with E-state index in [0.29, 0.717) is 6.42 Å². The van der Waals surface area contributed by atoms with Crippen LogP contribution in [0, 0.1) is 6.92 Å². The number of methoxy groups -OCH3 is 1. The first-order valence-corrected chi connectivity index (χ1v) is 5.23. The number of carbonyl (C=O) groups is 1. The van der Waals surface area contributed by atoms with Gasteiger partial charge in [-0.3, -0.25) is 4.79 Å². The normalized spacial score (nSPS) is 12.2. The number of hydrogen-bond acceptors (Lipinski definition) is 3. The van der Waals surface area contributed by atoms with Gasteiger partial charge in [0.15, 0.2) is 0 Å². The van der Waals surface area contributed by atoms with Gasteiger partial charge in [0.2, 0.25) is 5.91 Å². The lowest BCUT2D eigenvalue weighted by Gasteiger charge is -2.15. The topological polar surface area (TPSA) is 78.3 Å². The van der Waals surface area contributed by atoms with Crippen LogP contribution in [0.3, 0.4) is 0 Å². The highest BCUT2D eigenvalue weighted by Gasteiger charge is 2.12. The van der Waals surface area contributed by atoms with E-state index in [4.69, 9.17) is 16.2 Å². The number of aryl methyl sites for hydroxylation is 1. The largest absolute Gasteiger partial charge is 0.496 e. The van der Waals surface area contributed by atoms with Crippen LogP contribution >= 0.6 is 0 Å². The van der Waals surface area contributed by atoms with Crippen molar-refractivity contribution in [3.05, 3.63) is 29.3 Å². The van der Waals surface area contributed by atoms with Crippen LogP contribution in [0.15, 0.2) is 18.2 Å². The molecule has 16 heavy (non-hydrogen) atoms. The Morgan fingerprint density at radius 3 is 2.75 bits per heavy atom. The van der Waals surface area contributed by atoms with Crippen molar-refractivity contribution in [1.29, 1.82) is 0 Å². The fourth-order valence-corrected chi connectivity index (χ4v) is 1.60. The molecule has 1 unspecified atom stereocenters. The maximum absolute atomic E-state index is 10.7. The molecule has 0 fully saturated rings. The van der Waals surface area contributed by atoms with Crippen LogP contribution in [0.5, 0.6) is 5.75 Å². The van der Waals surface area contributed by atoms with Crippen molar-refractivity contribution in [2.24, 2.45) is 11.5 Å². The highest BCUT2D eigenvalue weighted by Crippen LogP contribution is 2.27. The van der Waals surface area contributed by atoms with Crippen LogP contribution in [-0.2, 0) is 4.79 Å². The molecule has 88 valence electrons. The van der Waals surface area contributed by atoms with Crippen molar-refractivity contribution in [1.82, 2.24) is 0 Å². The average Bonchev–Trinajstić information content (AvgIpc) is 2.25. The summed E-state index contributed by atoms with van der Waals surface area (Å²) in [6.07, 6.45) is 0.827. The second kappa shape index (κ2) is 5.51. The third-order valence-corrected chi connectivity index (χ3v) is 2.49. The maximum atomic E-state index is 10.7. The van der Waals surface area contributed by atoms with Crippen molar-refractivity contribution >= 4 is 5.91 Å².